The normalized spacial score (nSPS) is 12.3. The van der Waals surface area contributed by atoms with Gasteiger partial charge >= 0.3 is 6.09 Å². The van der Waals surface area contributed by atoms with E-state index in [0.29, 0.717) is 5.69 Å². The maximum atomic E-state index is 12.3. The zero-order valence-electron chi connectivity index (χ0n) is 14.7. The highest BCUT2D eigenvalue weighted by molar-refractivity contribution is 5.99. The second kappa shape index (κ2) is 7.85. The Balaban J connectivity index is 2.72. The van der Waals surface area contributed by atoms with Gasteiger partial charge in [-0.15, -0.1) is 0 Å². The molecule has 128 valence electrons. The molecule has 1 rings (SSSR count). The van der Waals surface area contributed by atoms with Crippen molar-refractivity contribution in [2.75, 3.05) is 17.2 Å². The van der Waals surface area contributed by atoms with Gasteiger partial charge in [0.25, 0.3) is 0 Å². The van der Waals surface area contributed by atoms with Crippen LogP contribution in [0, 0.1) is 6.92 Å². The Labute approximate surface area is 138 Å². The molecule has 1 aromatic carbocycles. The highest BCUT2D eigenvalue weighted by Gasteiger charge is 2.21. The minimum Gasteiger partial charge on any atom is -0.444 e. The molecule has 1 atom stereocenters. The summed E-state index contributed by atoms with van der Waals surface area (Å²) in [6, 6.07) is 4.96. The van der Waals surface area contributed by atoms with Gasteiger partial charge in [0.1, 0.15) is 11.6 Å². The van der Waals surface area contributed by atoms with Crippen LogP contribution >= 0.6 is 0 Å². The summed E-state index contributed by atoms with van der Waals surface area (Å²) >= 11 is 0. The minimum atomic E-state index is -0.708. The van der Waals surface area contributed by atoms with E-state index in [-0.39, 0.29) is 5.91 Å². The Morgan fingerprint density at radius 2 is 1.91 bits per heavy atom. The lowest BCUT2D eigenvalue weighted by Gasteiger charge is -2.22. The first-order valence-electron chi connectivity index (χ1n) is 7.78. The van der Waals surface area contributed by atoms with Crippen molar-refractivity contribution in [1.29, 1.82) is 0 Å². The van der Waals surface area contributed by atoms with E-state index in [0.717, 1.165) is 17.8 Å². The lowest BCUT2D eigenvalue weighted by Crippen LogP contribution is -2.44. The van der Waals surface area contributed by atoms with Gasteiger partial charge in [-0.2, -0.15) is 0 Å². The molecule has 0 radical (unpaired) electrons. The van der Waals surface area contributed by atoms with E-state index in [1.807, 2.05) is 32.0 Å². The van der Waals surface area contributed by atoms with Crippen molar-refractivity contribution in [3.05, 3.63) is 23.8 Å². The van der Waals surface area contributed by atoms with E-state index in [9.17, 15) is 9.59 Å². The molecule has 23 heavy (non-hydrogen) atoms. The Morgan fingerprint density at radius 3 is 2.48 bits per heavy atom. The van der Waals surface area contributed by atoms with Crippen molar-refractivity contribution in [2.24, 2.45) is 0 Å². The van der Waals surface area contributed by atoms with E-state index in [4.69, 9.17) is 4.74 Å². The molecule has 0 heterocycles. The summed E-state index contributed by atoms with van der Waals surface area (Å²) in [6.45, 7) is 11.6. The summed E-state index contributed by atoms with van der Waals surface area (Å²) in [5.41, 5.74) is 2.01. The predicted octanol–water partition coefficient (Wildman–Crippen LogP) is 3.28. The molecule has 0 aliphatic carbocycles. The number of amides is 2. The molecule has 2 amide bonds. The fraction of sp³-hybridized carbons (Fsp3) is 0.529. The fourth-order valence-electron chi connectivity index (χ4n) is 1.97. The molecule has 0 saturated carbocycles. The third kappa shape index (κ3) is 6.18. The molecule has 0 spiro atoms. The molecule has 6 nitrogen and oxygen atoms in total. The van der Waals surface area contributed by atoms with Gasteiger partial charge in [-0.1, -0.05) is 12.1 Å². The standard InChI is InChI=1S/C17H27N3O3/c1-7-18-14-11(2)9-8-10-13(14)20-15(21)12(3)19-16(22)23-17(4,5)6/h8-10,12,18H,7H2,1-6H3,(H,19,22)(H,20,21)/t12-/m1/s1. The van der Waals surface area contributed by atoms with Crippen LogP contribution in [-0.4, -0.2) is 30.2 Å². The van der Waals surface area contributed by atoms with E-state index < -0.39 is 17.7 Å². The van der Waals surface area contributed by atoms with Gasteiger partial charge in [0.05, 0.1) is 11.4 Å². The van der Waals surface area contributed by atoms with Gasteiger partial charge in [-0.3, -0.25) is 4.79 Å². The second-order valence-electron chi connectivity index (χ2n) is 6.38. The number of ether oxygens (including phenoxy) is 1. The molecule has 0 unspecified atom stereocenters. The maximum Gasteiger partial charge on any atom is 0.408 e. The van der Waals surface area contributed by atoms with Crippen molar-refractivity contribution < 1.29 is 14.3 Å². The third-order valence-electron chi connectivity index (χ3n) is 3.01. The molecule has 0 aromatic heterocycles. The van der Waals surface area contributed by atoms with Crippen LogP contribution in [0.3, 0.4) is 0 Å². The summed E-state index contributed by atoms with van der Waals surface area (Å²) in [5.74, 6) is -0.305. The topological polar surface area (TPSA) is 79.5 Å². The number of aryl methyl sites for hydroxylation is 1. The van der Waals surface area contributed by atoms with E-state index in [2.05, 4.69) is 16.0 Å². The number of hydrogen-bond acceptors (Lipinski definition) is 4. The van der Waals surface area contributed by atoms with E-state index in [1.165, 1.54) is 0 Å². The van der Waals surface area contributed by atoms with Crippen molar-refractivity contribution >= 4 is 23.4 Å². The van der Waals surface area contributed by atoms with Crippen LogP contribution in [0.25, 0.3) is 0 Å². The largest absolute Gasteiger partial charge is 0.444 e. The van der Waals surface area contributed by atoms with Gasteiger partial charge in [0.15, 0.2) is 0 Å². The molecule has 3 N–H and O–H groups in total. The zero-order chi connectivity index (χ0) is 17.6. The molecule has 0 aliphatic rings. The van der Waals surface area contributed by atoms with Crippen molar-refractivity contribution in [3.8, 4) is 0 Å². The fourth-order valence-corrected chi connectivity index (χ4v) is 1.97. The van der Waals surface area contributed by atoms with Gasteiger partial charge in [0, 0.05) is 6.54 Å². The maximum absolute atomic E-state index is 12.3. The van der Waals surface area contributed by atoms with E-state index >= 15 is 0 Å². The quantitative estimate of drug-likeness (QED) is 0.777. The monoisotopic (exact) mass is 321 g/mol. The van der Waals surface area contributed by atoms with Crippen LogP contribution in [0.1, 0.15) is 40.2 Å². The Bertz CT molecular complexity index is 565. The smallest absolute Gasteiger partial charge is 0.408 e. The van der Waals surface area contributed by atoms with Crippen LogP contribution in [0.2, 0.25) is 0 Å². The lowest BCUT2D eigenvalue weighted by atomic mass is 10.1. The Hall–Kier alpha value is -2.24. The van der Waals surface area contributed by atoms with Crippen LogP contribution in [0.4, 0.5) is 16.2 Å². The summed E-state index contributed by atoms with van der Waals surface area (Å²) < 4.78 is 5.15. The average molecular weight is 321 g/mol. The number of alkyl carbamates (subject to hydrolysis) is 1. The average Bonchev–Trinajstić information content (AvgIpc) is 2.40. The number of benzene rings is 1. The molecule has 0 bridgehead atoms. The molecular formula is C17H27N3O3. The van der Waals surface area contributed by atoms with Gasteiger partial charge in [-0.25, -0.2) is 4.79 Å². The second-order valence-corrected chi connectivity index (χ2v) is 6.38. The molecule has 1 aromatic rings. The highest BCUT2D eigenvalue weighted by Crippen LogP contribution is 2.25. The first-order chi connectivity index (χ1) is 10.6. The summed E-state index contributed by atoms with van der Waals surface area (Å²) in [5, 5.41) is 8.60. The number of hydrogen-bond donors (Lipinski definition) is 3. The first kappa shape index (κ1) is 18.8. The number of carbonyl (C=O) groups excluding carboxylic acids is 2. The number of nitrogens with one attached hydrogen (secondary N) is 3. The summed E-state index contributed by atoms with van der Waals surface area (Å²) in [4.78, 5) is 24.0. The summed E-state index contributed by atoms with van der Waals surface area (Å²) in [6.07, 6.45) is -0.615. The predicted molar refractivity (Wildman–Crippen MR) is 92.8 cm³/mol. The SMILES string of the molecule is CCNc1c(C)cccc1NC(=O)[C@@H](C)NC(=O)OC(C)(C)C. The van der Waals surface area contributed by atoms with Crippen LogP contribution in [0.5, 0.6) is 0 Å². The Kier molecular flexibility index (Phi) is 6.42. The van der Waals surface area contributed by atoms with Crippen LogP contribution < -0.4 is 16.0 Å². The van der Waals surface area contributed by atoms with Crippen LogP contribution in [0.15, 0.2) is 18.2 Å². The van der Waals surface area contributed by atoms with Crippen LogP contribution in [-0.2, 0) is 9.53 Å². The zero-order valence-corrected chi connectivity index (χ0v) is 14.7. The highest BCUT2D eigenvalue weighted by atomic mass is 16.6. The number of rotatable bonds is 5. The molecular weight excluding hydrogens is 294 g/mol. The Morgan fingerprint density at radius 1 is 1.26 bits per heavy atom. The molecule has 6 heteroatoms. The third-order valence-corrected chi connectivity index (χ3v) is 3.01. The van der Waals surface area contributed by atoms with Crippen molar-refractivity contribution in [1.82, 2.24) is 5.32 Å². The van der Waals surface area contributed by atoms with Gasteiger partial charge in [0.2, 0.25) is 5.91 Å². The lowest BCUT2D eigenvalue weighted by molar-refractivity contribution is -0.117. The van der Waals surface area contributed by atoms with Crippen molar-refractivity contribution in [3.63, 3.8) is 0 Å². The molecule has 0 fully saturated rings. The molecule has 0 saturated heterocycles. The molecule has 0 aliphatic heterocycles. The minimum absolute atomic E-state index is 0.305. The van der Waals surface area contributed by atoms with E-state index in [1.54, 1.807) is 27.7 Å². The number of anilines is 2. The first-order valence-corrected chi connectivity index (χ1v) is 7.78. The van der Waals surface area contributed by atoms with Gasteiger partial charge in [-0.05, 0) is 53.2 Å². The number of carbonyl (C=O) groups is 2. The van der Waals surface area contributed by atoms with Gasteiger partial charge < -0.3 is 20.7 Å². The van der Waals surface area contributed by atoms with Crippen molar-refractivity contribution in [2.45, 2.75) is 53.2 Å². The number of para-hydroxylation sites is 1. The summed E-state index contributed by atoms with van der Waals surface area (Å²) in [7, 11) is 0.